The van der Waals surface area contributed by atoms with Gasteiger partial charge in [-0.2, -0.15) is 0 Å². The lowest BCUT2D eigenvalue weighted by Gasteiger charge is -2.07. The number of unbranched alkanes of at least 4 members (excludes halogenated alkanes) is 11. The molecule has 3 rings (SSSR count). The van der Waals surface area contributed by atoms with E-state index in [-0.39, 0.29) is 0 Å². The fourth-order valence-corrected chi connectivity index (χ4v) is 4.35. The first-order chi connectivity index (χ1) is 17.7. The van der Waals surface area contributed by atoms with Crippen LogP contribution in [0, 0.1) is 0 Å². The van der Waals surface area contributed by atoms with Crippen LogP contribution in [0.5, 0.6) is 11.5 Å². The maximum atomic E-state index is 12.2. The zero-order valence-corrected chi connectivity index (χ0v) is 21.9. The molecule has 0 spiro atoms. The summed E-state index contributed by atoms with van der Waals surface area (Å²) in [5.74, 6) is 1.02. The highest BCUT2D eigenvalue weighted by molar-refractivity contribution is 5.90. The third-order valence-corrected chi connectivity index (χ3v) is 6.50. The molecule has 0 radical (unpaired) electrons. The molecule has 192 valence electrons. The predicted octanol–water partition coefficient (Wildman–Crippen LogP) is 9.54. The van der Waals surface area contributed by atoms with Crippen molar-refractivity contribution in [2.24, 2.45) is 0 Å². The fourth-order valence-electron chi connectivity index (χ4n) is 4.35. The minimum Gasteiger partial charge on any atom is -0.494 e. The molecule has 0 amide bonds. The van der Waals surface area contributed by atoms with E-state index in [1.807, 2.05) is 66.7 Å². The fraction of sp³-hybridized carbons (Fsp3) is 0.424. The molecule has 0 aliphatic rings. The molecule has 0 N–H and O–H groups in total. The quantitative estimate of drug-likeness (QED) is 0.0824. The van der Waals surface area contributed by atoms with Crippen molar-refractivity contribution in [2.45, 2.75) is 84.0 Å². The molecule has 0 unspecified atom stereocenters. The molecule has 3 heteroatoms. The average molecular weight is 487 g/mol. The van der Waals surface area contributed by atoms with Crippen LogP contribution in [-0.4, -0.2) is 12.6 Å². The molecule has 3 aromatic carbocycles. The lowest BCUT2D eigenvalue weighted by molar-refractivity contribution is -0.128. The van der Waals surface area contributed by atoms with E-state index in [4.69, 9.17) is 9.47 Å². The third-order valence-electron chi connectivity index (χ3n) is 6.50. The summed E-state index contributed by atoms with van der Waals surface area (Å²) < 4.78 is 11.3. The second kappa shape index (κ2) is 16.6. The number of rotatable bonds is 17. The first-order valence-electron chi connectivity index (χ1n) is 13.9. The minimum atomic E-state index is -0.391. The van der Waals surface area contributed by atoms with E-state index in [1.54, 1.807) is 6.08 Å². The van der Waals surface area contributed by atoms with Crippen molar-refractivity contribution in [3.05, 3.63) is 78.4 Å². The summed E-state index contributed by atoms with van der Waals surface area (Å²) in [6.45, 7) is 3.03. The first kappa shape index (κ1) is 27.5. The van der Waals surface area contributed by atoms with E-state index in [0.717, 1.165) is 35.1 Å². The Hall–Kier alpha value is -3.07. The van der Waals surface area contributed by atoms with Gasteiger partial charge in [-0.05, 0) is 53.1 Å². The molecule has 0 saturated carbocycles. The second-order valence-corrected chi connectivity index (χ2v) is 9.57. The van der Waals surface area contributed by atoms with Gasteiger partial charge >= 0.3 is 5.97 Å². The predicted molar refractivity (Wildman–Crippen MR) is 152 cm³/mol. The molecule has 0 aliphatic heterocycles. The Morgan fingerprint density at radius 2 is 1.25 bits per heavy atom. The molecule has 0 fully saturated rings. The molecule has 0 saturated heterocycles. The summed E-state index contributed by atoms with van der Waals surface area (Å²) in [5.41, 5.74) is 0.933. The van der Waals surface area contributed by atoms with Gasteiger partial charge in [0.15, 0.2) is 0 Å². The van der Waals surface area contributed by atoms with Crippen molar-refractivity contribution in [3.8, 4) is 11.5 Å². The lowest BCUT2D eigenvalue weighted by atomic mass is 10.1. The summed E-state index contributed by atoms with van der Waals surface area (Å²) in [6.07, 6.45) is 19.3. The van der Waals surface area contributed by atoms with Crippen LogP contribution in [-0.2, 0) is 4.79 Å². The smallest absolute Gasteiger partial charge is 0.336 e. The van der Waals surface area contributed by atoms with Crippen molar-refractivity contribution in [2.75, 3.05) is 6.61 Å². The van der Waals surface area contributed by atoms with Gasteiger partial charge in [-0.25, -0.2) is 4.79 Å². The summed E-state index contributed by atoms with van der Waals surface area (Å²) in [6, 6.07) is 21.5. The van der Waals surface area contributed by atoms with E-state index in [9.17, 15) is 4.79 Å². The normalized spacial score (nSPS) is 11.2. The maximum Gasteiger partial charge on any atom is 0.336 e. The maximum absolute atomic E-state index is 12.2. The Balaban J connectivity index is 1.25. The topological polar surface area (TPSA) is 35.5 Å². The molecule has 0 bridgehead atoms. The Bertz CT molecular complexity index is 1050. The first-order valence-corrected chi connectivity index (χ1v) is 13.9. The number of hydrogen-bond acceptors (Lipinski definition) is 3. The molecule has 3 aromatic rings. The van der Waals surface area contributed by atoms with Crippen LogP contribution in [0.4, 0.5) is 0 Å². The van der Waals surface area contributed by atoms with E-state index in [2.05, 4.69) is 6.92 Å². The van der Waals surface area contributed by atoms with Crippen LogP contribution < -0.4 is 9.47 Å². The van der Waals surface area contributed by atoms with Crippen molar-refractivity contribution in [1.82, 2.24) is 0 Å². The Labute approximate surface area is 217 Å². The van der Waals surface area contributed by atoms with Gasteiger partial charge in [0.25, 0.3) is 0 Å². The molecular formula is C33H42O3. The summed E-state index contributed by atoms with van der Waals surface area (Å²) in [7, 11) is 0. The van der Waals surface area contributed by atoms with Crippen LogP contribution in [0.15, 0.2) is 72.8 Å². The van der Waals surface area contributed by atoms with Crippen LogP contribution in [0.25, 0.3) is 16.8 Å². The van der Waals surface area contributed by atoms with Gasteiger partial charge in [0.2, 0.25) is 0 Å². The van der Waals surface area contributed by atoms with Gasteiger partial charge < -0.3 is 9.47 Å². The minimum absolute atomic E-state index is 0.391. The second-order valence-electron chi connectivity index (χ2n) is 9.57. The third kappa shape index (κ3) is 10.7. The van der Waals surface area contributed by atoms with E-state index >= 15 is 0 Å². The van der Waals surface area contributed by atoms with Gasteiger partial charge in [-0.3, -0.25) is 0 Å². The Morgan fingerprint density at radius 1 is 0.667 bits per heavy atom. The molecule has 0 aromatic heterocycles. The van der Waals surface area contributed by atoms with E-state index < -0.39 is 5.97 Å². The Kier molecular flexibility index (Phi) is 12.7. The van der Waals surface area contributed by atoms with Crippen molar-refractivity contribution < 1.29 is 14.3 Å². The van der Waals surface area contributed by atoms with Crippen molar-refractivity contribution >= 4 is 22.8 Å². The molecule has 0 heterocycles. The number of fused-ring (bicyclic) bond motifs is 1. The van der Waals surface area contributed by atoms with Crippen LogP contribution in [0.3, 0.4) is 0 Å². The lowest BCUT2D eigenvalue weighted by Crippen LogP contribution is -2.03. The molecule has 3 nitrogen and oxygen atoms in total. The number of carbonyl (C=O) groups is 1. The van der Waals surface area contributed by atoms with Gasteiger partial charge in [0.05, 0.1) is 6.61 Å². The van der Waals surface area contributed by atoms with Crippen LogP contribution >= 0.6 is 0 Å². The number of esters is 1. The standard InChI is InChI=1S/C33H42O3/c1-2-3-4-5-6-7-8-9-10-11-12-15-26-35-31-22-18-28(19-23-31)20-25-33(34)36-32-24-21-29-16-13-14-17-30(29)27-32/h13-14,16-25,27H,2-12,15,26H2,1H3/b25-20+. The number of ether oxygens (including phenoxy) is 2. The zero-order chi connectivity index (χ0) is 25.3. The summed E-state index contributed by atoms with van der Waals surface area (Å²) >= 11 is 0. The van der Waals surface area contributed by atoms with Crippen molar-refractivity contribution in [1.29, 1.82) is 0 Å². The average Bonchev–Trinajstić information content (AvgIpc) is 2.91. The van der Waals surface area contributed by atoms with Gasteiger partial charge in [0, 0.05) is 6.08 Å². The summed E-state index contributed by atoms with van der Waals surface area (Å²) in [5, 5.41) is 2.17. The van der Waals surface area contributed by atoms with E-state index in [0.29, 0.717) is 5.75 Å². The number of benzene rings is 3. The van der Waals surface area contributed by atoms with Crippen LogP contribution in [0.1, 0.15) is 89.5 Å². The molecular weight excluding hydrogens is 444 g/mol. The van der Waals surface area contributed by atoms with Gasteiger partial charge in [0.1, 0.15) is 11.5 Å². The number of carbonyl (C=O) groups excluding carboxylic acids is 1. The molecule has 36 heavy (non-hydrogen) atoms. The zero-order valence-electron chi connectivity index (χ0n) is 21.9. The van der Waals surface area contributed by atoms with Crippen LogP contribution in [0.2, 0.25) is 0 Å². The monoisotopic (exact) mass is 486 g/mol. The van der Waals surface area contributed by atoms with Crippen molar-refractivity contribution in [3.63, 3.8) is 0 Å². The highest BCUT2D eigenvalue weighted by atomic mass is 16.5. The SMILES string of the molecule is CCCCCCCCCCCCCCOc1ccc(/C=C/C(=O)Oc2ccc3ccccc3c2)cc1. The number of hydrogen-bond donors (Lipinski definition) is 0. The van der Waals surface area contributed by atoms with Gasteiger partial charge in [-0.15, -0.1) is 0 Å². The van der Waals surface area contributed by atoms with Gasteiger partial charge in [-0.1, -0.05) is 120 Å². The largest absolute Gasteiger partial charge is 0.494 e. The van der Waals surface area contributed by atoms with E-state index in [1.165, 1.54) is 76.7 Å². The highest BCUT2D eigenvalue weighted by Gasteiger charge is 2.02. The molecule has 0 atom stereocenters. The molecule has 0 aliphatic carbocycles. The Morgan fingerprint density at radius 3 is 1.92 bits per heavy atom. The summed E-state index contributed by atoms with van der Waals surface area (Å²) in [4.78, 5) is 12.2. The highest BCUT2D eigenvalue weighted by Crippen LogP contribution is 2.21.